The zero-order valence-corrected chi connectivity index (χ0v) is 12.4. The average Bonchev–Trinajstić information content (AvgIpc) is 2.24. The van der Waals surface area contributed by atoms with Gasteiger partial charge in [-0.25, -0.2) is 0 Å². The fourth-order valence-electron chi connectivity index (χ4n) is 1.94. The Bertz CT molecular complexity index is 353. The second-order valence-electron chi connectivity index (χ2n) is 6.27. The first-order chi connectivity index (χ1) is 7.84. The Morgan fingerprint density at radius 1 is 1.06 bits per heavy atom. The second kappa shape index (κ2) is 5.71. The highest BCUT2D eigenvalue weighted by atomic mass is 14.2. The zero-order chi connectivity index (χ0) is 13.1. The Labute approximate surface area is 107 Å². The maximum atomic E-state index is 2.39. The highest BCUT2D eigenvalue weighted by molar-refractivity contribution is 5.39. The molecule has 0 fully saturated rings. The van der Waals surface area contributed by atoms with Gasteiger partial charge in [-0.05, 0) is 40.9 Å². The molecule has 0 spiro atoms. The van der Waals surface area contributed by atoms with Gasteiger partial charge in [0.2, 0.25) is 0 Å². The number of rotatable bonds is 4. The smallest absolute Gasteiger partial charge is 0.00118 e. The topological polar surface area (TPSA) is 0 Å². The van der Waals surface area contributed by atoms with E-state index in [0.29, 0.717) is 0 Å². The lowest BCUT2D eigenvalue weighted by Crippen LogP contribution is -2.12. The van der Waals surface area contributed by atoms with Crippen molar-refractivity contribution in [3.63, 3.8) is 0 Å². The van der Waals surface area contributed by atoms with E-state index in [1.807, 2.05) is 0 Å². The monoisotopic (exact) mass is 231 g/mol. The van der Waals surface area contributed by atoms with Crippen molar-refractivity contribution < 1.29 is 0 Å². The molecule has 1 aromatic carbocycles. The SMILES string of the molecule is CCCCc1cc([C](C)C)cc(C(C)(C)C)c1. The van der Waals surface area contributed by atoms with Crippen LogP contribution in [0, 0.1) is 5.92 Å². The largest absolute Gasteiger partial charge is 0.0654 e. The third-order valence-electron chi connectivity index (χ3n) is 3.26. The molecule has 0 saturated carbocycles. The molecule has 0 aromatic heterocycles. The molecular formula is C17H27. The highest BCUT2D eigenvalue weighted by Gasteiger charge is 2.16. The van der Waals surface area contributed by atoms with Crippen molar-refractivity contribution in [1.82, 2.24) is 0 Å². The lowest BCUT2D eigenvalue weighted by atomic mass is 9.83. The predicted molar refractivity (Wildman–Crippen MR) is 77.4 cm³/mol. The van der Waals surface area contributed by atoms with Gasteiger partial charge in [0.1, 0.15) is 0 Å². The summed E-state index contributed by atoms with van der Waals surface area (Å²) < 4.78 is 0. The average molecular weight is 231 g/mol. The normalized spacial score (nSPS) is 12.2. The van der Waals surface area contributed by atoms with Gasteiger partial charge in [-0.3, -0.25) is 0 Å². The maximum Gasteiger partial charge on any atom is -0.00118 e. The van der Waals surface area contributed by atoms with Gasteiger partial charge in [-0.2, -0.15) is 0 Å². The number of aryl methyl sites for hydroxylation is 1. The minimum Gasteiger partial charge on any atom is -0.0654 e. The molecule has 1 aromatic rings. The van der Waals surface area contributed by atoms with Gasteiger partial charge >= 0.3 is 0 Å². The zero-order valence-electron chi connectivity index (χ0n) is 12.4. The highest BCUT2D eigenvalue weighted by Crippen LogP contribution is 2.27. The third kappa shape index (κ3) is 4.18. The van der Waals surface area contributed by atoms with Gasteiger partial charge in [0.15, 0.2) is 0 Å². The molecule has 17 heavy (non-hydrogen) atoms. The van der Waals surface area contributed by atoms with Crippen molar-refractivity contribution in [1.29, 1.82) is 0 Å². The molecule has 1 radical (unpaired) electrons. The van der Waals surface area contributed by atoms with Crippen molar-refractivity contribution in [2.24, 2.45) is 0 Å². The third-order valence-corrected chi connectivity index (χ3v) is 3.26. The minimum atomic E-state index is 0.242. The molecule has 0 bridgehead atoms. The van der Waals surface area contributed by atoms with Gasteiger partial charge in [0, 0.05) is 0 Å². The Balaban J connectivity index is 3.10. The Morgan fingerprint density at radius 3 is 2.18 bits per heavy atom. The first-order valence-corrected chi connectivity index (χ1v) is 6.79. The lowest BCUT2D eigenvalue weighted by molar-refractivity contribution is 0.588. The molecule has 1 rings (SSSR count). The Morgan fingerprint density at radius 2 is 1.71 bits per heavy atom. The van der Waals surface area contributed by atoms with Gasteiger partial charge in [-0.15, -0.1) is 0 Å². The van der Waals surface area contributed by atoms with Crippen LogP contribution in [0.4, 0.5) is 0 Å². The summed E-state index contributed by atoms with van der Waals surface area (Å²) in [7, 11) is 0. The predicted octanol–water partition coefficient (Wildman–Crippen LogP) is 5.29. The van der Waals surface area contributed by atoms with E-state index in [9.17, 15) is 0 Å². The maximum absolute atomic E-state index is 2.39. The van der Waals surface area contributed by atoms with Crippen LogP contribution in [-0.2, 0) is 11.8 Å². The number of hydrogen-bond donors (Lipinski definition) is 0. The van der Waals surface area contributed by atoms with Crippen LogP contribution in [0.15, 0.2) is 18.2 Å². The van der Waals surface area contributed by atoms with Crippen LogP contribution in [-0.4, -0.2) is 0 Å². The van der Waals surface area contributed by atoms with Crippen molar-refractivity contribution in [3.8, 4) is 0 Å². The lowest BCUT2D eigenvalue weighted by Gasteiger charge is -2.22. The quantitative estimate of drug-likeness (QED) is 0.660. The van der Waals surface area contributed by atoms with Crippen molar-refractivity contribution in [3.05, 3.63) is 40.8 Å². The van der Waals surface area contributed by atoms with Crippen LogP contribution in [0.1, 0.15) is 71.1 Å². The second-order valence-corrected chi connectivity index (χ2v) is 6.27. The molecule has 0 atom stereocenters. The van der Waals surface area contributed by atoms with E-state index >= 15 is 0 Å². The van der Waals surface area contributed by atoms with E-state index in [0.717, 1.165) is 0 Å². The summed E-state index contributed by atoms with van der Waals surface area (Å²) in [6.45, 7) is 13.5. The standard InChI is InChI=1S/C17H27/c1-7-8-9-14-10-15(13(2)3)12-16(11-14)17(4,5)6/h10-12H,7-9H2,1-6H3. The molecule has 0 aliphatic carbocycles. The van der Waals surface area contributed by atoms with E-state index in [2.05, 4.69) is 59.7 Å². The van der Waals surface area contributed by atoms with E-state index < -0.39 is 0 Å². The van der Waals surface area contributed by atoms with E-state index in [4.69, 9.17) is 0 Å². The Hall–Kier alpha value is -0.780. The molecule has 0 N–H and O–H groups in total. The number of benzene rings is 1. The van der Waals surface area contributed by atoms with E-state index in [1.54, 1.807) is 0 Å². The summed E-state index contributed by atoms with van der Waals surface area (Å²) in [4.78, 5) is 0. The van der Waals surface area contributed by atoms with Gasteiger partial charge in [-0.1, -0.05) is 66.2 Å². The van der Waals surface area contributed by atoms with Gasteiger partial charge < -0.3 is 0 Å². The summed E-state index contributed by atoms with van der Waals surface area (Å²) in [5, 5.41) is 0. The van der Waals surface area contributed by atoms with Crippen molar-refractivity contribution >= 4 is 0 Å². The first-order valence-electron chi connectivity index (χ1n) is 6.79. The van der Waals surface area contributed by atoms with Gasteiger partial charge in [0.25, 0.3) is 0 Å². The molecule has 95 valence electrons. The fourth-order valence-corrected chi connectivity index (χ4v) is 1.94. The molecule has 0 amide bonds. The summed E-state index contributed by atoms with van der Waals surface area (Å²) in [6.07, 6.45) is 3.76. The van der Waals surface area contributed by atoms with Crippen molar-refractivity contribution in [2.75, 3.05) is 0 Å². The van der Waals surface area contributed by atoms with Crippen molar-refractivity contribution in [2.45, 2.75) is 66.2 Å². The molecule has 0 aliphatic rings. The molecular weight excluding hydrogens is 204 g/mol. The van der Waals surface area contributed by atoms with Crippen LogP contribution in [0.5, 0.6) is 0 Å². The van der Waals surface area contributed by atoms with Crippen LogP contribution in [0.3, 0.4) is 0 Å². The van der Waals surface area contributed by atoms with Gasteiger partial charge in [0.05, 0.1) is 0 Å². The van der Waals surface area contributed by atoms with Crippen LogP contribution < -0.4 is 0 Å². The van der Waals surface area contributed by atoms with E-state index in [-0.39, 0.29) is 5.41 Å². The fraction of sp³-hybridized carbons (Fsp3) is 0.588. The Kier molecular flexibility index (Phi) is 4.80. The van der Waals surface area contributed by atoms with Crippen LogP contribution in [0.25, 0.3) is 0 Å². The number of unbranched alkanes of at least 4 members (excludes halogenated alkanes) is 1. The molecule has 0 unspecified atom stereocenters. The summed E-state index contributed by atoms with van der Waals surface area (Å²) >= 11 is 0. The summed E-state index contributed by atoms with van der Waals surface area (Å²) in [6, 6.07) is 7.10. The summed E-state index contributed by atoms with van der Waals surface area (Å²) in [5.41, 5.74) is 4.60. The molecule has 0 saturated heterocycles. The van der Waals surface area contributed by atoms with Crippen LogP contribution >= 0.6 is 0 Å². The minimum absolute atomic E-state index is 0.242. The number of hydrogen-bond acceptors (Lipinski definition) is 0. The molecule has 0 heteroatoms. The molecule has 0 nitrogen and oxygen atoms in total. The van der Waals surface area contributed by atoms with E-state index in [1.165, 1.54) is 41.9 Å². The summed E-state index contributed by atoms with van der Waals surface area (Å²) in [5.74, 6) is 1.41. The molecule has 0 heterocycles. The molecule has 0 aliphatic heterocycles. The van der Waals surface area contributed by atoms with Crippen LogP contribution in [0.2, 0.25) is 0 Å². The first kappa shape index (κ1) is 14.3.